The maximum atomic E-state index is 12.7. The summed E-state index contributed by atoms with van der Waals surface area (Å²) in [6.07, 6.45) is 9.02. The first-order valence-electron chi connectivity index (χ1n) is 12.6. The van der Waals surface area contributed by atoms with E-state index in [1.165, 1.54) is 50.9 Å². The molecule has 1 aromatic carbocycles. The summed E-state index contributed by atoms with van der Waals surface area (Å²) in [7, 11) is 0. The second-order valence-corrected chi connectivity index (χ2v) is 9.71. The molecule has 32 heavy (non-hydrogen) atoms. The molecule has 2 aliphatic heterocycles. The van der Waals surface area contributed by atoms with Gasteiger partial charge in [0.05, 0.1) is 5.69 Å². The molecule has 0 atom stereocenters. The number of carbonyl (C=O) groups excluding carboxylic acids is 1. The Bertz CT molecular complexity index is 877. The topological polar surface area (TPSA) is 49.6 Å². The van der Waals surface area contributed by atoms with E-state index in [-0.39, 0.29) is 5.92 Å². The quantitative estimate of drug-likeness (QED) is 0.492. The maximum absolute atomic E-state index is 12.7. The Kier molecular flexibility index (Phi) is 8.15. The zero-order valence-corrected chi connectivity index (χ0v) is 19.9. The van der Waals surface area contributed by atoms with Crippen molar-refractivity contribution < 1.29 is 9.21 Å². The first-order valence-corrected chi connectivity index (χ1v) is 12.6. The van der Waals surface area contributed by atoms with Crippen LogP contribution in [0.4, 0.5) is 0 Å². The summed E-state index contributed by atoms with van der Waals surface area (Å²) in [5, 5.41) is 0. The van der Waals surface area contributed by atoms with E-state index in [1.807, 2.05) is 19.1 Å². The van der Waals surface area contributed by atoms with Crippen LogP contribution in [0.15, 0.2) is 28.7 Å². The number of aryl methyl sites for hydroxylation is 2. The lowest BCUT2D eigenvalue weighted by Crippen LogP contribution is -2.36. The van der Waals surface area contributed by atoms with E-state index in [9.17, 15) is 4.79 Å². The molecule has 2 fully saturated rings. The minimum Gasteiger partial charge on any atom is -0.441 e. The van der Waals surface area contributed by atoms with Gasteiger partial charge in [0.2, 0.25) is 5.89 Å². The number of Topliss-reactive ketones (excluding diaryl/α,β-unsaturated/α-hetero) is 1. The highest BCUT2D eigenvalue weighted by molar-refractivity contribution is 5.81. The Labute approximate surface area is 193 Å². The molecule has 5 heteroatoms. The van der Waals surface area contributed by atoms with Gasteiger partial charge in [-0.05, 0) is 96.7 Å². The van der Waals surface area contributed by atoms with Crippen LogP contribution in [0.1, 0.15) is 68.4 Å². The van der Waals surface area contributed by atoms with Crippen LogP contribution < -0.4 is 0 Å². The summed E-state index contributed by atoms with van der Waals surface area (Å²) >= 11 is 0. The van der Waals surface area contributed by atoms with Crippen molar-refractivity contribution >= 4 is 5.78 Å². The second kappa shape index (κ2) is 11.2. The number of rotatable bonds is 9. The van der Waals surface area contributed by atoms with Crippen molar-refractivity contribution in [3.63, 3.8) is 0 Å². The SMILES string of the molecule is Cc1ccccc1-c1nc(CN2CCC(C(=O)CCCCN3CCCCC3)CC2)c(C)o1. The number of hydrogen-bond acceptors (Lipinski definition) is 5. The van der Waals surface area contributed by atoms with Crippen LogP contribution in [0.5, 0.6) is 0 Å². The van der Waals surface area contributed by atoms with Gasteiger partial charge in [0.25, 0.3) is 0 Å². The number of carbonyl (C=O) groups is 1. The van der Waals surface area contributed by atoms with Crippen molar-refractivity contribution in [3.8, 4) is 11.5 Å². The lowest BCUT2D eigenvalue weighted by molar-refractivity contribution is -0.124. The Balaban J connectivity index is 1.19. The molecule has 0 bridgehead atoms. The summed E-state index contributed by atoms with van der Waals surface area (Å²) in [5.74, 6) is 2.35. The van der Waals surface area contributed by atoms with Crippen molar-refractivity contribution in [2.45, 2.75) is 71.8 Å². The number of oxazole rings is 1. The lowest BCUT2D eigenvalue weighted by atomic mass is 9.90. The van der Waals surface area contributed by atoms with E-state index >= 15 is 0 Å². The first-order chi connectivity index (χ1) is 15.6. The fourth-order valence-electron chi connectivity index (χ4n) is 5.15. The highest BCUT2D eigenvalue weighted by Gasteiger charge is 2.26. The third-order valence-corrected chi connectivity index (χ3v) is 7.28. The summed E-state index contributed by atoms with van der Waals surface area (Å²) in [4.78, 5) is 22.5. The van der Waals surface area contributed by atoms with Gasteiger partial charge in [-0.15, -0.1) is 0 Å². The van der Waals surface area contributed by atoms with Gasteiger partial charge in [0.15, 0.2) is 0 Å². The molecule has 0 saturated carbocycles. The zero-order valence-electron chi connectivity index (χ0n) is 19.9. The number of benzene rings is 1. The van der Waals surface area contributed by atoms with Crippen LogP contribution in [0, 0.1) is 19.8 Å². The smallest absolute Gasteiger partial charge is 0.226 e. The van der Waals surface area contributed by atoms with Crippen LogP contribution in [0.3, 0.4) is 0 Å². The monoisotopic (exact) mass is 437 g/mol. The maximum Gasteiger partial charge on any atom is 0.226 e. The number of likely N-dealkylation sites (tertiary alicyclic amines) is 2. The van der Waals surface area contributed by atoms with E-state index in [4.69, 9.17) is 9.40 Å². The van der Waals surface area contributed by atoms with E-state index in [2.05, 4.69) is 28.9 Å². The molecule has 2 aliphatic rings. The Morgan fingerprint density at radius 1 is 1.00 bits per heavy atom. The van der Waals surface area contributed by atoms with Gasteiger partial charge < -0.3 is 9.32 Å². The van der Waals surface area contributed by atoms with Crippen LogP contribution >= 0.6 is 0 Å². The molecule has 5 nitrogen and oxygen atoms in total. The van der Waals surface area contributed by atoms with Crippen LogP contribution in [-0.2, 0) is 11.3 Å². The van der Waals surface area contributed by atoms with Crippen LogP contribution in [0.25, 0.3) is 11.5 Å². The van der Waals surface area contributed by atoms with Crippen molar-refractivity contribution in [2.24, 2.45) is 5.92 Å². The standard InChI is InChI=1S/C27H39N3O2/c1-21-10-4-5-11-24(21)27-28-25(22(2)32-27)20-30-18-13-23(14-19-30)26(31)12-6-9-17-29-15-7-3-8-16-29/h4-5,10-11,23H,3,6-9,12-20H2,1-2H3. The number of aromatic nitrogens is 1. The average Bonchev–Trinajstić information content (AvgIpc) is 3.18. The molecule has 3 heterocycles. The van der Waals surface area contributed by atoms with Crippen LogP contribution in [0.2, 0.25) is 0 Å². The van der Waals surface area contributed by atoms with Gasteiger partial charge >= 0.3 is 0 Å². The van der Waals surface area contributed by atoms with Gasteiger partial charge in [-0.1, -0.05) is 24.6 Å². The van der Waals surface area contributed by atoms with E-state index in [0.29, 0.717) is 11.7 Å². The van der Waals surface area contributed by atoms with E-state index in [1.54, 1.807) is 0 Å². The fourth-order valence-corrected chi connectivity index (χ4v) is 5.15. The van der Waals surface area contributed by atoms with Gasteiger partial charge in [-0.3, -0.25) is 9.69 Å². The predicted octanol–water partition coefficient (Wildman–Crippen LogP) is 5.40. The molecule has 0 amide bonds. The predicted molar refractivity (Wildman–Crippen MR) is 129 cm³/mol. The van der Waals surface area contributed by atoms with E-state index < -0.39 is 0 Å². The molecule has 4 rings (SSSR count). The molecular weight excluding hydrogens is 398 g/mol. The molecule has 1 aromatic heterocycles. The Hall–Kier alpha value is -1.98. The number of hydrogen-bond donors (Lipinski definition) is 0. The number of nitrogens with zero attached hydrogens (tertiary/aromatic N) is 3. The minimum absolute atomic E-state index is 0.252. The van der Waals surface area contributed by atoms with Crippen molar-refractivity contribution in [2.75, 3.05) is 32.7 Å². The average molecular weight is 438 g/mol. The molecule has 0 spiro atoms. The third kappa shape index (κ3) is 6.08. The van der Waals surface area contributed by atoms with Crippen molar-refractivity contribution in [3.05, 3.63) is 41.3 Å². The Morgan fingerprint density at radius 3 is 2.50 bits per heavy atom. The first kappa shape index (κ1) is 23.2. The highest BCUT2D eigenvalue weighted by atomic mass is 16.4. The number of ketones is 1. The van der Waals surface area contributed by atoms with Crippen molar-refractivity contribution in [1.29, 1.82) is 0 Å². The van der Waals surface area contributed by atoms with Gasteiger partial charge in [-0.2, -0.15) is 0 Å². The second-order valence-electron chi connectivity index (χ2n) is 9.71. The minimum atomic E-state index is 0.252. The summed E-state index contributed by atoms with van der Waals surface area (Å²) < 4.78 is 5.99. The third-order valence-electron chi connectivity index (χ3n) is 7.28. The summed E-state index contributed by atoms with van der Waals surface area (Å²) in [6.45, 7) is 10.5. The summed E-state index contributed by atoms with van der Waals surface area (Å²) in [6, 6.07) is 8.21. The zero-order chi connectivity index (χ0) is 22.3. The summed E-state index contributed by atoms with van der Waals surface area (Å²) in [5.41, 5.74) is 3.26. The van der Waals surface area contributed by atoms with Gasteiger partial charge in [0.1, 0.15) is 11.5 Å². The largest absolute Gasteiger partial charge is 0.441 e. The normalized spacial score (nSPS) is 18.8. The van der Waals surface area contributed by atoms with Gasteiger partial charge in [-0.25, -0.2) is 4.98 Å². The fraction of sp³-hybridized carbons (Fsp3) is 0.630. The van der Waals surface area contributed by atoms with Crippen LogP contribution in [-0.4, -0.2) is 53.3 Å². The highest BCUT2D eigenvalue weighted by Crippen LogP contribution is 2.27. The lowest BCUT2D eigenvalue weighted by Gasteiger charge is -2.31. The molecule has 174 valence electrons. The molecule has 0 N–H and O–H groups in total. The molecule has 0 unspecified atom stereocenters. The molecule has 2 saturated heterocycles. The Morgan fingerprint density at radius 2 is 1.75 bits per heavy atom. The number of unbranched alkanes of at least 4 members (excludes halogenated alkanes) is 1. The van der Waals surface area contributed by atoms with Crippen molar-refractivity contribution in [1.82, 2.24) is 14.8 Å². The molecule has 2 aromatic rings. The number of piperidine rings is 2. The van der Waals surface area contributed by atoms with Gasteiger partial charge in [0, 0.05) is 24.4 Å². The van der Waals surface area contributed by atoms with E-state index in [0.717, 1.165) is 62.3 Å². The molecular formula is C27H39N3O2. The molecule has 0 aliphatic carbocycles. The molecule has 0 radical (unpaired) electrons.